The van der Waals surface area contributed by atoms with Crippen LogP contribution >= 0.6 is 0 Å². The summed E-state index contributed by atoms with van der Waals surface area (Å²) in [6.07, 6.45) is 19.8. The van der Waals surface area contributed by atoms with Crippen LogP contribution in [0.25, 0.3) is 0 Å². The number of carbonyl (C=O) groups is 1. The first-order chi connectivity index (χ1) is 15.1. The Bertz CT molecular complexity index is 548. The van der Waals surface area contributed by atoms with Gasteiger partial charge in [-0.25, -0.2) is 4.79 Å². The van der Waals surface area contributed by atoms with Crippen molar-refractivity contribution in [2.24, 2.45) is 5.92 Å². The third kappa shape index (κ3) is 13.0. The topological polar surface area (TPSA) is 26.3 Å². The van der Waals surface area contributed by atoms with Crippen molar-refractivity contribution in [3.8, 4) is 0 Å². The lowest BCUT2D eigenvalue weighted by molar-refractivity contribution is 0.0112. The summed E-state index contributed by atoms with van der Waals surface area (Å²) in [5.41, 5.74) is 2.02. The molecule has 0 saturated heterocycles. The second-order valence-electron chi connectivity index (χ2n) is 9.48. The Balaban J connectivity index is 2.56. The highest BCUT2D eigenvalue weighted by Gasteiger charge is 2.22. The number of esters is 1. The van der Waals surface area contributed by atoms with Crippen LogP contribution in [0.1, 0.15) is 140 Å². The third-order valence-corrected chi connectivity index (χ3v) is 6.51. The van der Waals surface area contributed by atoms with E-state index in [1.165, 1.54) is 82.6 Å². The van der Waals surface area contributed by atoms with Crippen LogP contribution in [0.2, 0.25) is 0 Å². The number of aryl methyl sites for hydroxylation is 1. The lowest BCUT2D eigenvalue weighted by Gasteiger charge is -2.24. The molecule has 0 aliphatic carbocycles. The summed E-state index contributed by atoms with van der Waals surface area (Å²) in [5.74, 6) is 0.292. The Morgan fingerprint density at radius 2 is 1.23 bits per heavy atom. The minimum Gasteiger partial charge on any atom is -0.459 e. The number of carbonyl (C=O) groups excluding carboxylic acids is 1. The maximum atomic E-state index is 12.8. The van der Waals surface area contributed by atoms with Crippen molar-refractivity contribution >= 4 is 5.97 Å². The Morgan fingerprint density at radius 1 is 0.710 bits per heavy atom. The van der Waals surface area contributed by atoms with Gasteiger partial charge in [-0.3, -0.25) is 0 Å². The van der Waals surface area contributed by atoms with E-state index in [0.717, 1.165) is 25.7 Å². The van der Waals surface area contributed by atoms with E-state index in [1.807, 2.05) is 12.1 Å². The fourth-order valence-electron chi connectivity index (χ4n) is 4.26. The van der Waals surface area contributed by atoms with E-state index in [2.05, 4.69) is 39.8 Å². The first kappa shape index (κ1) is 27.7. The minimum atomic E-state index is -0.143. The molecule has 0 aromatic heterocycles. The lowest BCUT2D eigenvalue weighted by Crippen LogP contribution is -2.25. The Hall–Kier alpha value is -1.31. The zero-order valence-corrected chi connectivity index (χ0v) is 21.1. The molecule has 0 aliphatic rings. The quantitative estimate of drug-likeness (QED) is 0.161. The average Bonchev–Trinajstić information content (AvgIpc) is 2.78. The summed E-state index contributed by atoms with van der Waals surface area (Å²) in [7, 11) is 0. The zero-order valence-electron chi connectivity index (χ0n) is 21.1. The van der Waals surface area contributed by atoms with Crippen molar-refractivity contribution in [3.05, 3.63) is 35.4 Å². The highest BCUT2D eigenvalue weighted by atomic mass is 16.5. The van der Waals surface area contributed by atoms with Crippen LogP contribution in [0.5, 0.6) is 0 Å². The number of unbranched alkanes of at least 4 members (excludes halogenated alkanes) is 10. The van der Waals surface area contributed by atoms with Crippen molar-refractivity contribution in [2.45, 2.75) is 137 Å². The molecule has 178 valence electrons. The van der Waals surface area contributed by atoms with Crippen molar-refractivity contribution < 1.29 is 9.53 Å². The van der Waals surface area contributed by atoms with Gasteiger partial charge in [0, 0.05) is 0 Å². The predicted molar refractivity (Wildman–Crippen MR) is 135 cm³/mol. The Morgan fingerprint density at radius 3 is 1.87 bits per heavy atom. The number of hydrogen-bond donors (Lipinski definition) is 0. The summed E-state index contributed by atoms with van der Waals surface area (Å²) >= 11 is 0. The average molecular weight is 431 g/mol. The normalized spacial score (nSPS) is 13.2. The highest BCUT2D eigenvalue weighted by Crippen LogP contribution is 2.23. The first-order valence-electron chi connectivity index (χ1n) is 13.4. The molecular weight excluding hydrogens is 380 g/mol. The molecule has 0 heterocycles. The van der Waals surface area contributed by atoms with Crippen molar-refractivity contribution in [2.75, 3.05) is 0 Å². The van der Waals surface area contributed by atoms with Gasteiger partial charge in [0.2, 0.25) is 0 Å². The second-order valence-corrected chi connectivity index (χ2v) is 9.48. The van der Waals surface area contributed by atoms with E-state index in [9.17, 15) is 4.79 Å². The summed E-state index contributed by atoms with van der Waals surface area (Å²) in [5, 5.41) is 0. The fourth-order valence-corrected chi connectivity index (χ4v) is 4.26. The van der Waals surface area contributed by atoms with Crippen LogP contribution in [0.15, 0.2) is 24.3 Å². The largest absolute Gasteiger partial charge is 0.459 e. The molecule has 0 radical (unpaired) electrons. The number of hydrogen-bond acceptors (Lipinski definition) is 2. The smallest absolute Gasteiger partial charge is 0.338 e. The number of ether oxygens (including phenoxy) is 1. The second kappa shape index (κ2) is 18.3. The Kier molecular flexibility index (Phi) is 16.3. The van der Waals surface area contributed by atoms with Crippen LogP contribution in [0.4, 0.5) is 0 Å². The van der Waals surface area contributed by atoms with Gasteiger partial charge in [-0.05, 0) is 55.7 Å². The van der Waals surface area contributed by atoms with Gasteiger partial charge in [0.15, 0.2) is 0 Å². The molecule has 0 amide bonds. The number of rotatable bonds is 19. The molecule has 2 heteroatoms. The SMILES string of the molecule is CCCCCCCCC(C)C(CCCCCC)OC(=O)c1ccc(CCCCC)cc1. The maximum absolute atomic E-state index is 12.8. The predicted octanol–water partition coefficient (Wildman–Crippen LogP) is 9.30. The van der Waals surface area contributed by atoms with Gasteiger partial charge in [-0.2, -0.15) is 0 Å². The van der Waals surface area contributed by atoms with E-state index >= 15 is 0 Å². The summed E-state index contributed by atoms with van der Waals surface area (Å²) in [6, 6.07) is 8.11. The van der Waals surface area contributed by atoms with E-state index in [0.29, 0.717) is 11.5 Å². The molecule has 0 N–H and O–H groups in total. The van der Waals surface area contributed by atoms with Gasteiger partial charge in [0.05, 0.1) is 5.56 Å². The van der Waals surface area contributed by atoms with E-state index in [1.54, 1.807) is 0 Å². The fraction of sp³-hybridized carbons (Fsp3) is 0.759. The van der Waals surface area contributed by atoms with Gasteiger partial charge in [0.1, 0.15) is 6.10 Å². The molecule has 1 aromatic rings. The Labute approximate surface area is 193 Å². The lowest BCUT2D eigenvalue weighted by atomic mass is 9.93. The summed E-state index contributed by atoms with van der Waals surface area (Å²) in [6.45, 7) is 9.01. The zero-order chi connectivity index (χ0) is 22.7. The molecule has 1 aromatic carbocycles. The van der Waals surface area contributed by atoms with Crippen LogP contribution in [0.3, 0.4) is 0 Å². The monoisotopic (exact) mass is 430 g/mol. The molecule has 0 bridgehead atoms. The van der Waals surface area contributed by atoms with E-state index in [-0.39, 0.29) is 12.1 Å². The van der Waals surface area contributed by atoms with Gasteiger partial charge in [-0.15, -0.1) is 0 Å². The van der Waals surface area contributed by atoms with Crippen LogP contribution in [0, 0.1) is 5.92 Å². The van der Waals surface area contributed by atoms with Crippen molar-refractivity contribution in [3.63, 3.8) is 0 Å². The van der Waals surface area contributed by atoms with E-state index in [4.69, 9.17) is 4.74 Å². The van der Waals surface area contributed by atoms with E-state index < -0.39 is 0 Å². The molecule has 0 saturated carbocycles. The van der Waals surface area contributed by atoms with Crippen molar-refractivity contribution in [1.29, 1.82) is 0 Å². The molecule has 2 unspecified atom stereocenters. The summed E-state index contributed by atoms with van der Waals surface area (Å²) < 4.78 is 6.07. The molecule has 1 rings (SSSR count). The maximum Gasteiger partial charge on any atom is 0.338 e. The first-order valence-corrected chi connectivity index (χ1v) is 13.4. The number of benzene rings is 1. The molecule has 31 heavy (non-hydrogen) atoms. The van der Waals surface area contributed by atoms with Crippen LogP contribution in [-0.4, -0.2) is 12.1 Å². The third-order valence-electron chi connectivity index (χ3n) is 6.51. The van der Waals surface area contributed by atoms with Gasteiger partial charge < -0.3 is 4.74 Å². The molecule has 0 spiro atoms. The van der Waals surface area contributed by atoms with Crippen LogP contribution in [-0.2, 0) is 11.2 Å². The molecular formula is C29H50O2. The van der Waals surface area contributed by atoms with Gasteiger partial charge in [-0.1, -0.05) is 110 Å². The highest BCUT2D eigenvalue weighted by molar-refractivity contribution is 5.89. The molecule has 2 nitrogen and oxygen atoms in total. The van der Waals surface area contributed by atoms with Crippen molar-refractivity contribution in [1.82, 2.24) is 0 Å². The minimum absolute atomic E-state index is 0.0456. The van der Waals surface area contributed by atoms with Crippen LogP contribution < -0.4 is 0 Å². The standard InChI is InChI=1S/C29H50O2/c1-5-8-11-13-14-16-18-25(4)28(20-17-12-9-6-2)31-29(30)27-23-21-26(22-24-27)19-15-10-7-3/h21-25,28H,5-20H2,1-4H3. The molecule has 0 aliphatic heterocycles. The van der Waals surface area contributed by atoms with Gasteiger partial charge in [0.25, 0.3) is 0 Å². The molecule has 0 fully saturated rings. The molecule has 2 atom stereocenters. The summed E-state index contributed by atoms with van der Waals surface area (Å²) in [4.78, 5) is 12.8. The van der Waals surface area contributed by atoms with Gasteiger partial charge >= 0.3 is 5.97 Å².